The number of nitrogens with zero attached hydrogens (tertiary/aromatic N) is 1. The second-order valence-corrected chi connectivity index (χ2v) is 7.99. The van der Waals surface area contributed by atoms with Crippen LogP contribution in [0.5, 0.6) is 0 Å². The highest BCUT2D eigenvalue weighted by Crippen LogP contribution is 2.26. The number of carboxylic acid groups (broad SMARTS) is 1. The summed E-state index contributed by atoms with van der Waals surface area (Å²) in [5.41, 5.74) is 0.107. The van der Waals surface area contributed by atoms with E-state index in [1.165, 1.54) is 11.3 Å². The summed E-state index contributed by atoms with van der Waals surface area (Å²) in [6.45, 7) is 5.15. The fourth-order valence-electron chi connectivity index (χ4n) is 1.86. The Morgan fingerprint density at radius 1 is 1.43 bits per heavy atom. The highest BCUT2D eigenvalue weighted by molar-refractivity contribution is 9.10. The minimum atomic E-state index is -1.13. The summed E-state index contributed by atoms with van der Waals surface area (Å²) in [5, 5.41) is 12.3. The van der Waals surface area contributed by atoms with Gasteiger partial charge in [-0.1, -0.05) is 15.9 Å². The summed E-state index contributed by atoms with van der Waals surface area (Å²) in [7, 11) is 0. The smallest absolute Gasteiger partial charge is 0.408 e. The van der Waals surface area contributed by atoms with Crippen molar-refractivity contribution in [2.45, 2.75) is 38.8 Å². The first-order chi connectivity index (χ1) is 10.6. The molecule has 8 heteroatoms. The number of carbonyl (C=O) groups excluding carboxylic acids is 1. The van der Waals surface area contributed by atoms with E-state index in [2.05, 4.69) is 26.2 Å². The number of benzene rings is 1. The molecule has 0 aliphatic carbocycles. The molecule has 0 saturated carbocycles. The Bertz CT molecular complexity index is 739. The van der Waals surface area contributed by atoms with Crippen LogP contribution in [0.1, 0.15) is 25.8 Å². The summed E-state index contributed by atoms with van der Waals surface area (Å²) < 4.78 is 6.96. The standard InChI is InChI=1S/C15H17BrN2O4S/c1-15(2,3)22-14(21)18-10(13(19)20)7-12-17-9-6-8(16)4-5-11(9)23-12/h4-6,10H,7H2,1-3H3,(H,18,21)(H,19,20)/t10-/m1/s1. The van der Waals surface area contributed by atoms with Crippen molar-refractivity contribution in [3.05, 3.63) is 27.7 Å². The van der Waals surface area contributed by atoms with Crippen molar-refractivity contribution in [2.75, 3.05) is 0 Å². The molecule has 0 radical (unpaired) electrons. The molecule has 1 atom stereocenters. The Labute approximate surface area is 146 Å². The molecule has 1 aromatic heterocycles. The topological polar surface area (TPSA) is 88.5 Å². The number of amides is 1. The summed E-state index contributed by atoms with van der Waals surface area (Å²) in [6, 6.07) is 4.59. The third-order valence-electron chi connectivity index (χ3n) is 2.76. The van der Waals surface area contributed by atoms with Crippen molar-refractivity contribution in [3.63, 3.8) is 0 Å². The molecular formula is C15H17BrN2O4S. The van der Waals surface area contributed by atoms with E-state index in [0.717, 1.165) is 14.7 Å². The van der Waals surface area contributed by atoms with E-state index < -0.39 is 23.7 Å². The van der Waals surface area contributed by atoms with Crippen LogP contribution in [-0.4, -0.2) is 33.8 Å². The van der Waals surface area contributed by atoms with Gasteiger partial charge in [0.2, 0.25) is 0 Å². The van der Waals surface area contributed by atoms with Gasteiger partial charge in [-0.2, -0.15) is 0 Å². The monoisotopic (exact) mass is 400 g/mol. The minimum absolute atomic E-state index is 0.103. The lowest BCUT2D eigenvalue weighted by molar-refractivity contribution is -0.139. The fraction of sp³-hybridized carbons (Fsp3) is 0.400. The molecule has 23 heavy (non-hydrogen) atoms. The van der Waals surface area contributed by atoms with Gasteiger partial charge in [-0.05, 0) is 39.0 Å². The molecule has 1 heterocycles. The zero-order chi connectivity index (χ0) is 17.2. The van der Waals surface area contributed by atoms with Crippen molar-refractivity contribution >= 4 is 49.5 Å². The number of alkyl carbamates (subject to hydrolysis) is 1. The molecular weight excluding hydrogens is 384 g/mol. The number of halogens is 1. The number of hydrogen-bond donors (Lipinski definition) is 2. The second-order valence-electron chi connectivity index (χ2n) is 5.96. The lowest BCUT2D eigenvalue weighted by Gasteiger charge is -2.21. The molecule has 124 valence electrons. The predicted octanol–water partition coefficient (Wildman–Crippen LogP) is 3.58. The van der Waals surface area contributed by atoms with Gasteiger partial charge in [0, 0.05) is 10.9 Å². The van der Waals surface area contributed by atoms with Crippen LogP contribution in [0.15, 0.2) is 22.7 Å². The molecule has 0 unspecified atom stereocenters. The Morgan fingerprint density at radius 2 is 2.13 bits per heavy atom. The number of ether oxygens (including phenoxy) is 1. The van der Waals surface area contributed by atoms with E-state index in [1.807, 2.05) is 18.2 Å². The van der Waals surface area contributed by atoms with Gasteiger partial charge in [0.15, 0.2) is 0 Å². The summed E-state index contributed by atoms with van der Waals surface area (Å²) in [4.78, 5) is 27.5. The van der Waals surface area contributed by atoms with Crippen LogP contribution in [0.4, 0.5) is 4.79 Å². The maximum Gasteiger partial charge on any atom is 0.408 e. The summed E-state index contributed by atoms with van der Waals surface area (Å²) in [5.74, 6) is -1.13. The Hall–Kier alpha value is -1.67. The van der Waals surface area contributed by atoms with Gasteiger partial charge in [-0.25, -0.2) is 14.6 Å². The number of rotatable bonds is 4. The van der Waals surface area contributed by atoms with E-state index in [9.17, 15) is 14.7 Å². The van der Waals surface area contributed by atoms with Crippen LogP contribution in [0, 0.1) is 0 Å². The van der Waals surface area contributed by atoms with Crippen molar-refractivity contribution in [1.82, 2.24) is 10.3 Å². The van der Waals surface area contributed by atoms with Crippen LogP contribution in [0.3, 0.4) is 0 Å². The largest absolute Gasteiger partial charge is 0.480 e. The first-order valence-electron chi connectivity index (χ1n) is 6.91. The van der Waals surface area contributed by atoms with Crippen molar-refractivity contribution in [2.24, 2.45) is 0 Å². The van der Waals surface area contributed by atoms with Gasteiger partial charge in [0.25, 0.3) is 0 Å². The average Bonchev–Trinajstić information content (AvgIpc) is 2.76. The molecule has 0 spiro atoms. The van der Waals surface area contributed by atoms with Gasteiger partial charge in [0.05, 0.1) is 15.2 Å². The van der Waals surface area contributed by atoms with Crippen LogP contribution >= 0.6 is 27.3 Å². The molecule has 2 aromatic rings. The SMILES string of the molecule is CC(C)(C)OC(=O)N[C@H](Cc1nc2cc(Br)ccc2s1)C(=O)O. The number of carbonyl (C=O) groups is 2. The molecule has 0 aliphatic rings. The van der Waals surface area contributed by atoms with Gasteiger partial charge < -0.3 is 15.2 Å². The Balaban J connectivity index is 2.11. The minimum Gasteiger partial charge on any atom is -0.480 e. The third-order valence-corrected chi connectivity index (χ3v) is 4.31. The Kier molecular flexibility index (Phi) is 5.26. The molecule has 1 amide bonds. The highest BCUT2D eigenvalue weighted by Gasteiger charge is 2.25. The Morgan fingerprint density at radius 3 is 2.74 bits per heavy atom. The zero-order valence-corrected chi connectivity index (χ0v) is 15.3. The fourth-order valence-corrected chi connectivity index (χ4v) is 3.20. The number of carboxylic acids is 1. The van der Waals surface area contributed by atoms with Gasteiger partial charge in [-0.15, -0.1) is 11.3 Å². The van der Waals surface area contributed by atoms with Crippen LogP contribution in [0.25, 0.3) is 10.2 Å². The van der Waals surface area contributed by atoms with Crippen LogP contribution in [-0.2, 0) is 16.0 Å². The number of aliphatic carboxylic acids is 1. The second kappa shape index (κ2) is 6.84. The third kappa shape index (κ3) is 5.18. The number of thiazole rings is 1. The number of aromatic nitrogens is 1. The molecule has 2 rings (SSSR count). The summed E-state index contributed by atoms with van der Waals surface area (Å²) >= 11 is 4.78. The van der Waals surface area contributed by atoms with Crippen molar-refractivity contribution < 1.29 is 19.4 Å². The van der Waals surface area contributed by atoms with Gasteiger partial charge in [-0.3, -0.25) is 0 Å². The number of nitrogens with one attached hydrogen (secondary N) is 1. The lowest BCUT2D eigenvalue weighted by Crippen LogP contribution is -2.44. The molecule has 2 N–H and O–H groups in total. The van der Waals surface area contributed by atoms with E-state index in [0.29, 0.717) is 5.01 Å². The number of hydrogen-bond acceptors (Lipinski definition) is 5. The lowest BCUT2D eigenvalue weighted by atomic mass is 10.2. The van der Waals surface area contributed by atoms with Crippen LogP contribution < -0.4 is 5.32 Å². The van der Waals surface area contributed by atoms with E-state index in [1.54, 1.807) is 20.8 Å². The van der Waals surface area contributed by atoms with Crippen molar-refractivity contribution in [1.29, 1.82) is 0 Å². The van der Waals surface area contributed by atoms with Gasteiger partial charge >= 0.3 is 12.1 Å². The van der Waals surface area contributed by atoms with E-state index >= 15 is 0 Å². The van der Waals surface area contributed by atoms with Crippen molar-refractivity contribution in [3.8, 4) is 0 Å². The molecule has 0 aliphatic heterocycles. The maximum absolute atomic E-state index is 11.8. The van der Waals surface area contributed by atoms with Gasteiger partial charge in [0.1, 0.15) is 11.6 Å². The first-order valence-corrected chi connectivity index (χ1v) is 8.52. The highest BCUT2D eigenvalue weighted by atomic mass is 79.9. The molecule has 0 fully saturated rings. The number of fused-ring (bicyclic) bond motifs is 1. The molecule has 0 bridgehead atoms. The average molecular weight is 401 g/mol. The zero-order valence-electron chi connectivity index (χ0n) is 12.9. The van der Waals surface area contributed by atoms with Crippen LogP contribution in [0.2, 0.25) is 0 Å². The first kappa shape index (κ1) is 17.7. The predicted molar refractivity (Wildman–Crippen MR) is 91.8 cm³/mol. The quantitative estimate of drug-likeness (QED) is 0.818. The van der Waals surface area contributed by atoms with E-state index in [4.69, 9.17) is 4.74 Å². The maximum atomic E-state index is 11.8. The molecule has 6 nitrogen and oxygen atoms in total. The summed E-state index contributed by atoms with van der Waals surface area (Å²) in [6.07, 6.45) is -0.653. The van der Waals surface area contributed by atoms with E-state index in [-0.39, 0.29) is 6.42 Å². The normalized spacial score (nSPS) is 12.9. The molecule has 1 aromatic carbocycles. The molecule has 0 saturated heterocycles.